The Hall–Kier alpha value is -0.700. The van der Waals surface area contributed by atoms with Crippen LogP contribution in [-0.4, -0.2) is 5.25 Å². The van der Waals surface area contributed by atoms with Crippen LogP contribution in [0.3, 0.4) is 0 Å². The predicted octanol–water partition coefficient (Wildman–Crippen LogP) is 1.82. The fourth-order valence-electron chi connectivity index (χ4n) is 0.745. The zero-order valence-electron chi connectivity index (χ0n) is 6.65. The Labute approximate surface area is 70.8 Å². The third kappa shape index (κ3) is 2.42. The van der Waals surface area contributed by atoms with Gasteiger partial charge in [-0.1, -0.05) is 25.6 Å². The molecule has 2 nitrogen and oxygen atoms in total. The van der Waals surface area contributed by atoms with Gasteiger partial charge in [-0.2, -0.15) is 4.73 Å². The lowest BCUT2D eigenvalue weighted by Gasteiger charge is -2.04. The van der Waals surface area contributed by atoms with Gasteiger partial charge in [0.15, 0.2) is 6.20 Å². The molecule has 0 aliphatic rings. The number of hydrogen-bond donors (Lipinski definition) is 0. The van der Waals surface area contributed by atoms with Crippen LogP contribution < -0.4 is 4.73 Å². The second kappa shape index (κ2) is 3.62. The molecule has 0 bridgehead atoms. The Morgan fingerprint density at radius 3 is 2.73 bits per heavy atom. The van der Waals surface area contributed by atoms with Crippen LogP contribution in [0.4, 0.5) is 0 Å². The van der Waals surface area contributed by atoms with E-state index in [1.54, 1.807) is 17.8 Å². The first-order valence-electron chi connectivity index (χ1n) is 3.55. The molecular formula is C8H11NOS. The van der Waals surface area contributed by atoms with Crippen LogP contribution in [0.25, 0.3) is 0 Å². The molecule has 1 aromatic rings. The monoisotopic (exact) mass is 169 g/mol. The summed E-state index contributed by atoms with van der Waals surface area (Å²) in [4.78, 5) is 0. The second-order valence-electron chi connectivity index (χ2n) is 2.53. The van der Waals surface area contributed by atoms with Crippen molar-refractivity contribution in [1.29, 1.82) is 0 Å². The molecule has 0 N–H and O–H groups in total. The summed E-state index contributed by atoms with van der Waals surface area (Å²) >= 11 is 1.58. The average molecular weight is 169 g/mol. The molecule has 0 amide bonds. The summed E-state index contributed by atoms with van der Waals surface area (Å²) in [5.74, 6) is 0. The van der Waals surface area contributed by atoms with Gasteiger partial charge < -0.3 is 5.21 Å². The van der Waals surface area contributed by atoms with E-state index in [1.807, 2.05) is 12.1 Å². The molecule has 0 unspecified atom stereocenters. The van der Waals surface area contributed by atoms with E-state index < -0.39 is 0 Å². The van der Waals surface area contributed by atoms with Crippen LogP contribution in [0, 0.1) is 5.21 Å². The van der Waals surface area contributed by atoms with Crippen molar-refractivity contribution in [2.75, 3.05) is 0 Å². The zero-order valence-corrected chi connectivity index (χ0v) is 7.47. The molecule has 0 spiro atoms. The lowest BCUT2D eigenvalue weighted by atomic mass is 10.5. The van der Waals surface area contributed by atoms with E-state index in [2.05, 4.69) is 13.8 Å². The lowest BCUT2D eigenvalue weighted by Crippen LogP contribution is -2.28. The Balaban J connectivity index is 2.78. The Morgan fingerprint density at radius 1 is 1.45 bits per heavy atom. The van der Waals surface area contributed by atoms with Crippen LogP contribution >= 0.6 is 11.8 Å². The number of thioether (sulfide) groups is 1. The number of pyridine rings is 1. The van der Waals surface area contributed by atoms with Crippen molar-refractivity contribution in [3.63, 3.8) is 0 Å². The predicted molar refractivity (Wildman–Crippen MR) is 46.4 cm³/mol. The van der Waals surface area contributed by atoms with E-state index in [1.165, 1.54) is 6.20 Å². The minimum atomic E-state index is 0.456. The highest BCUT2D eigenvalue weighted by molar-refractivity contribution is 7.99. The smallest absolute Gasteiger partial charge is 0.251 e. The van der Waals surface area contributed by atoms with Gasteiger partial charge in [-0.05, 0) is 6.07 Å². The molecule has 1 rings (SSSR count). The van der Waals surface area contributed by atoms with Gasteiger partial charge in [-0.25, -0.2) is 0 Å². The summed E-state index contributed by atoms with van der Waals surface area (Å²) in [6.45, 7) is 4.13. The molecule has 1 heterocycles. The summed E-state index contributed by atoms with van der Waals surface area (Å²) < 4.78 is 0.894. The van der Waals surface area contributed by atoms with E-state index in [-0.39, 0.29) is 0 Å². The molecule has 60 valence electrons. The number of nitrogens with zero attached hydrogens (tertiary/aromatic N) is 1. The van der Waals surface area contributed by atoms with Gasteiger partial charge in [0, 0.05) is 17.4 Å². The summed E-state index contributed by atoms with van der Waals surface area (Å²) in [5.41, 5.74) is 0. The molecule has 0 fully saturated rings. The van der Waals surface area contributed by atoms with Crippen molar-refractivity contribution in [3.05, 3.63) is 29.6 Å². The molecule has 0 aromatic carbocycles. The first-order valence-corrected chi connectivity index (χ1v) is 4.43. The molecule has 0 atom stereocenters. The number of aromatic nitrogens is 1. The quantitative estimate of drug-likeness (QED) is 0.383. The lowest BCUT2D eigenvalue weighted by molar-refractivity contribution is -0.645. The van der Waals surface area contributed by atoms with Gasteiger partial charge in [0.1, 0.15) is 0 Å². The van der Waals surface area contributed by atoms with E-state index in [9.17, 15) is 5.21 Å². The molecule has 0 saturated carbocycles. The van der Waals surface area contributed by atoms with Crippen molar-refractivity contribution >= 4 is 11.8 Å². The maximum absolute atomic E-state index is 11.1. The van der Waals surface area contributed by atoms with Crippen LogP contribution in [0.2, 0.25) is 0 Å². The van der Waals surface area contributed by atoms with Gasteiger partial charge in [0.25, 0.3) is 5.03 Å². The van der Waals surface area contributed by atoms with Gasteiger partial charge >= 0.3 is 0 Å². The maximum Gasteiger partial charge on any atom is 0.251 e. The topological polar surface area (TPSA) is 26.9 Å². The zero-order chi connectivity index (χ0) is 8.27. The fourth-order valence-corrected chi connectivity index (χ4v) is 1.55. The molecule has 0 saturated heterocycles. The summed E-state index contributed by atoms with van der Waals surface area (Å²) in [6.07, 6.45) is 1.52. The Morgan fingerprint density at radius 2 is 2.18 bits per heavy atom. The minimum Gasteiger partial charge on any atom is -0.618 e. The van der Waals surface area contributed by atoms with E-state index in [4.69, 9.17) is 0 Å². The highest BCUT2D eigenvalue weighted by atomic mass is 32.2. The van der Waals surface area contributed by atoms with Crippen molar-refractivity contribution in [3.8, 4) is 0 Å². The van der Waals surface area contributed by atoms with Gasteiger partial charge in [0.2, 0.25) is 0 Å². The Kier molecular flexibility index (Phi) is 2.76. The van der Waals surface area contributed by atoms with Crippen LogP contribution in [0.1, 0.15) is 13.8 Å². The van der Waals surface area contributed by atoms with E-state index in [0.29, 0.717) is 5.25 Å². The third-order valence-electron chi connectivity index (χ3n) is 1.15. The van der Waals surface area contributed by atoms with Gasteiger partial charge in [-0.3, -0.25) is 0 Å². The third-order valence-corrected chi connectivity index (χ3v) is 2.17. The molecule has 0 aliphatic heterocycles. The van der Waals surface area contributed by atoms with Crippen LogP contribution in [-0.2, 0) is 0 Å². The van der Waals surface area contributed by atoms with E-state index >= 15 is 0 Å². The van der Waals surface area contributed by atoms with Crippen LogP contribution in [0.15, 0.2) is 29.4 Å². The first-order chi connectivity index (χ1) is 5.20. The van der Waals surface area contributed by atoms with Crippen molar-refractivity contribution in [1.82, 2.24) is 0 Å². The standard InChI is InChI=1S/C8H11NOS/c1-7(2)11-8-5-3-4-6-9(8)10/h3-7H,1-2H3. The molecule has 0 radical (unpaired) electrons. The second-order valence-corrected chi connectivity index (χ2v) is 4.13. The maximum atomic E-state index is 11.1. The highest BCUT2D eigenvalue weighted by Gasteiger charge is 2.05. The number of rotatable bonds is 2. The summed E-state index contributed by atoms with van der Waals surface area (Å²) in [5, 5.41) is 12.3. The molecular weight excluding hydrogens is 158 g/mol. The number of hydrogen-bond acceptors (Lipinski definition) is 2. The largest absolute Gasteiger partial charge is 0.618 e. The van der Waals surface area contributed by atoms with E-state index in [0.717, 1.165) is 9.76 Å². The fraction of sp³-hybridized carbons (Fsp3) is 0.375. The van der Waals surface area contributed by atoms with Gasteiger partial charge in [0.05, 0.1) is 0 Å². The molecule has 1 aromatic heterocycles. The molecule has 11 heavy (non-hydrogen) atoms. The normalized spacial score (nSPS) is 10.5. The summed E-state index contributed by atoms with van der Waals surface area (Å²) in [6, 6.07) is 5.44. The van der Waals surface area contributed by atoms with Crippen molar-refractivity contribution in [2.45, 2.75) is 24.1 Å². The van der Waals surface area contributed by atoms with Gasteiger partial charge in [-0.15, -0.1) is 0 Å². The van der Waals surface area contributed by atoms with Crippen molar-refractivity contribution in [2.24, 2.45) is 0 Å². The SMILES string of the molecule is CC(C)Sc1cccc[n+]1[O-]. The average Bonchev–Trinajstić information content (AvgIpc) is 1.93. The first kappa shape index (κ1) is 8.40. The summed E-state index contributed by atoms with van der Waals surface area (Å²) in [7, 11) is 0. The minimum absolute atomic E-state index is 0.456. The molecule has 3 heteroatoms. The Bertz CT molecular complexity index is 237. The molecule has 0 aliphatic carbocycles. The van der Waals surface area contributed by atoms with Crippen molar-refractivity contribution < 1.29 is 4.73 Å². The highest BCUT2D eigenvalue weighted by Crippen LogP contribution is 2.17. The van der Waals surface area contributed by atoms with Crippen LogP contribution in [0.5, 0.6) is 0 Å².